The fourth-order valence-corrected chi connectivity index (χ4v) is 5.21. The summed E-state index contributed by atoms with van der Waals surface area (Å²) < 4.78 is 0. The maximum absolute atomic E-state index is 13.8. The first-order valence-electron chi connectivity index (χ1n) is 12.5. The van der Waals surface area contributed by atoms with Crippen molar-refractivity contribution in [2.45, 2.75) is 38.0 Å². The third kappa shape index (κ3) is 3.85. The van der Waals surface area contributed by atoms with Crippen molar-refractivity contribution in [3.63, 3.8) is 0 Å². The highest BCUT2D eigenvalue weighted by Crippen LogP contribution is 2.48. The Balaban J connectivity index is 1.35. The molecule has 176 valence electrons. The van der Waals surface area contributed by atoms with E-state index in [1.807, 2.05) is 53.1 Å². The van der Waals surface area contributed by atoms with Gasteiger partial charge in [0.15, 0.2) is 0 Å². The molecule has 0 spiro atoms. The Bertz CT molecular complexity index is 1370. The average molecular weight is 465 g/mol. The Hall–Kier alpha value is -3.72. The second-order valence-corrected chi connectivity index (χ2v) is 10.2. The van der Waals surface area contributed by atoms with E-state index in [-0.39, 0.29) is 23.1 Å². The van der Waals surface area contributed by atoms with Gasteiger partial charge in [-0.2, -0.15) is 5.26 Å². The van der Waals surface area contributed by atoms with Crippen molar-refractivity contribution in [3.8, 4) is 17.2 Å². The van der Waals surface area contributed by atoms with Crippen LogP contribution < -0.4 is 0 Å². The summed E-state index contributed by atoms with van der Waals surface area (Å²) in [6, 6.07) is 16.7. The second kappa shape index (κ2) is 8.20. The van der Waals surface area contributed by atoms with Crippen LogP contribution in [0.15, 0.2) is 48.7 Å². The monoisotopic (exact) mass is 464 g/mol. The van der Waals surface area contributed by atoms with E-state index in [1.54, 1.807) is 6.20 Å². The lowest BCUT2D eigenvalue weighted by molar-refractivity contribution is -0.134. The van der Waals surface area contributed by atoms with Crippen molar-refractivity contribution in [2.24, 2.45) is 5.92 Å². The van der Waals surface area contributed by atoms with Crippen molar-refractivity contribution in [2.75, 3.05) is 26.2 Å². The van der Waals surface area contributed by atoms with Crippen LogP contribution in [-0.2, 0) is 10.2 Å². The number of carbonyl (C=O) groups is 2. The fraction of sp³-hybridized carbons (Fsp3) is 0.379. The van der Waals surface area contributed by atoms with E-state index in [0.29, 0.717) is 31.7 Å². The van der Waals surface area contributed by atoms with Gasteiger partial charge in [-0.15, -0.1) is 0 Å². The summed E-state index contributed by atoms with van der Waals surface area (Å²) in [6.45, 7) is 4.28. The molecule has 0 N–H and O–H groups in total. The maximum atomic E-state index is 13.8. The molecule has 3 aliphatic rings. The van der Waals surface area contributed by atoms with Gasteiger partial charge in [-0.1, -0.05) is 35.9 Å². The van der Waals surface area contributed by atoms with E-state index in [4.69, 9.17) is 0 Å². The molecule has 6 heteroatoms. The molecule has 3 aromatic rings. The number of nitrogens with zero attached hydrogens (tertiary/aromatic N) is 4. The first-order valence-corrected chi connectivity index (χ1v) is 12.5. The van der Waals surface area contributed by atoms with Crippen LogP contribution in [0.4, 0.5) is 0 Å². The summed E-state index contributed by atoms with van der Waals surface area (Å²) in [6.07, 6.45) is 5.50. The summed E-state index contributed by atoms with van der Waals surface area (Å²) in [5, 5.41) is 10.5. The molecule has 2 amide bonds. The highest BCUT2D eigenvalue weighted by molar-refractivity contribution is 6.08. The molecule has 2 aromatic carbocycles. The quantitative estimate of drug-likeness (QED) is 0.571. The molecule has 1 aromatic heterocycles. The van der Waals surface area contributed by atoms with E-state index < -0.39 is 0 Å². The molecule has 6 nitrogen and oxygen atoms in total. The molecule has 1 aliphatic heterocycles. The van der Waals surface area contributed by atoms with Crippen molar-refractivity contribution < 1.29 is 9.59 Å². The Morgan fingerprint density at radius 2 is 1.69 bits per heavy atom. The molecular formula is C29H28N4O2. The molecule has 6 rings (SSSR count). The van der Waals surface area contributed by atoms with Gasteiger partial charge < -0.3 is 9.80 Å². The van der Waals surface area contributed by atoms with Crippen LogP contribution in [0.2, 0.25) is 0 Å². The highest BCUT2D eigenvalue weighted by Gasteiger charge is 2.44. The zero-order valence-corrected chi connectivity index (χ0v) is 20.0. The van der Waals surface area contributed by atoms with Gasteiger partial charge in [0, 0.05) is 49.2 Å². The maximum Gasteiger partial charge on any atom is 0.256 e. The molecule has 0 bridgehead atoms. The number of aromatic nitrogens is 1. The number of piperazine rings is 1. The lowest BCUT2D eigenvalue weighted by atomic mass is 9.91. The van der Waals surface area contributed by atoms with Gasteiger partial charge >= 0.3 is 0 Å². The van der Waals surface area contributed by atoms with Crippen molar-refractivity contribution in [3.05, 3.63) is 65.4 Å². The van der Waals surface area contributed by atoms with Crippen LogP contribution >= 0.6 is 0 Å². The van der Waals surface area contributed by atoms with E-state index in [0.717, 1.165) is 58.8 Å². The minimum atomic E-state index is -0.342. The van der Waals surface area contributed by atoms with Crippen LogP contribution in [0.25, 0.3) is 22.0 Å². The second-order valence-electron chi connectivity index (χ2n) is 10.2. The Morgan fingerprint density at radius 1 is 1.00 bits per heavy atom. The number of amides is 2. The summed E-state index contributed by atoms with van der Waals surface area (Å²) in [4.78, 5) is 34.6. The van der Waals surface area contributed by atoms with Gasteiger partial charge in [0.2, 0.25) is 5.91 Å². The summed E-state index contributed by atoms with van der Waals surface area (Å²) in [5.41, 5.74) is 5.07. The van der Waals surface area contributed by atoms with Crippen LogP contribution in [-0.4, -0.2) is 52.8 Å². The highest BCUT2D eigenvalue weighted by atomic mass is 16.2. The molecule has 0 atom stereocenters. The van der Waals surface area contributed by atoms with Crippen LogP contribution in [0.5, 0.6) is 0 Å². The van der Waals surface area contributed by atoms with Crippen molar-refractivity contribution in [1.82, 2.24) is 14.8 Å². The van der Waals surface area contributed by atoms with Gasteiger partial charge in [0.25, 0.3) is 5.91 Å². The normalized spacial score (nSPS) is 18.9. The Morgan fingerprint density at radius 3 is 2.31 bits per heavy atom. The number of hydrogen-bond acceptors (Lipinski definition) is 4. The summed E-state index contributed by atoms with van der Waals surface area (Å²) in [5.74, 6) is 0.399. The molecule has 3 fully saturated rings. The lowest BCUT2D eigenvalue weighted by Gasteiger charge is -2.35. The number of aryl methyl sites for hydroxylation is 1. The van der Waals surface area contributed by atoms with Crippen LogP contribution in [0, 0.1) is 24.2 Å². The smallest absolute Gasteiger partial charge is 0.256 e. The summed E-state index contributed by atoms with van der Waals surface area (Å²) >= 11 is 0. The zero-order valence-electron chi connectivity index (χ0n) is 20.0. The van der Waals surface area contributed by atoms with Crippen LogP contribution in [0.1, 0.15) is 47.2 Å². The molecule has 2 heterocycles. The van der Waals surface area contributed by atoms with Gasteiger partial charge in [-0.25, -0.2) is 0 Å². The predicted molar refractivity (Wildman–Crippen MR) is 134 cm³/mol. The van der Waals surface area contributed by atoms with Gasteiger partial charge in [-0.05, 0) is 55.9 Å². The van der Waals surface area contributed by atoms with E-state index in [9.17, 15) is 14.9 Å². The molecule has 0 unspecified atom stereocenters. The zero-order chi connectivity index (χ0) is 24.2. The average Bonchev–Trinajstić information content (AvgIpc) is 3.82. The minimum absolute atomic E-state index is 0.0470. The molecule has 1 saturated heterocycles. The van der Waals surface area contributed by atoms with Crippen molar-refractivity contribution in [1.29, 1.82) is 5.26 Å². The number of rotatable bonds is 4. The number of hydrogen-bond donors (Lipinski definition) is 0. The van der Waals surface area contributed by atoms with Gasteiger partial charge in [0.05, 0.1) is 22.6 Å². The summed E-state index contributed by atoms with van der Waals surface area (Å²) in [7, 11) is 0. The molecular weight excluding hydrogens is 436 g/mol. The molecule has 2 saturated carbocycles. The largest absolute Gasteiger partial charge is 0.339 e. The minimum Gasteiger partial charge on any atom is -0.339 e. The van der Waals surface area contributed by atoms with E-state index >= 15 is 0 Å². The first kappa shape index (κ1) is 21.8. The Labute approximate surface area is 205 Å². The van der Waals surface area contributed by atoms with Gasteiger partial charge in [0.1, 0.15) is 0 Å². The number of fused-ring (bicyclic) bond motifs is 1. The topological polar surface area (TPSA) is 77.3 Å². The standard InChI is InChI=1S/C29H28N4O2/c1-19-2-9-25-23(16-19)26(20-5-7-22(8-6-20)29(18-30)10-11-29)24(17-31-25)28(35)33-14-12-32(13-15-33)27(34)21-3-4-21/h2,5-9,16-17,21H,3-4,10-15H2,1H3. The predicted octanol–water partition coefficient (Wildman–Crippen LogP) is 4.46. The van der Waals surface area contributed by atoms with Crippen molar-refractivity contribution >= 4 is 22.7 Å². The fourth-order valence-electron chi connectivity index (χ4n) is 5.21. The lowest BCUT2D eigenvalue weighted by Crippen LogP contribution is -2.51. The van der Waals surface area contributed by atoms with E-state index in [1.165, 1.54) is 0 Å². The van der Waals surface area contributed by atoms with E-state index in [2.05, 4.69) is 17.1 Å². The first-order chi connectivity index (χ1) is 17.0. The third-order valence-corrected chi connectivity index (χ3v) is 7.75. The van der Waals surface area contributed by atoms with Gasteiger partial charge in [-0.3, -0.25) is 14.6 Å². The number of carbonyl (C=O) groups excluding carboxylic acids is 2. The van der Waals surface area contributed by atoms with Crippen LogP contribution in [0.3, 0.4) is 0 Å². The SMILES string of the molecule is Cc1ccc2ncc(C(=O)N3CCN(C(=O)C4CC4)CC3)c(-c3ccc(C4(C#N)CC4)cc3)c2c1. The Kier molecular flexibility index (Phi) is 5.10. The molecule has 2 aliphatic carbocycles. The molecule has 0 radical (unpaired) electrons. The molecule has 35 heavy (non-hydrogen) atoms. The third-order valence-electron chi connectivity index (χ3n) is 7.75. The number of benzene rings is 2. The number of pyridine rings is 1. The number of nitriles is 1.